The van der Waals surface area contributed by atoms with E-state index in [1.54, 1.807) is 6.33 Å². The van der Waals surface area contributed by atoms with Gasteiger partial charge in [-0.2, -0.15) is 0 Å². The first-order valence-corrected chi connectivity index (χ1v) is 9.53. The van der Waals surface area contributed by atoms with Crippen molar-refractivity contribution in [3.63, 3.8) is 0 Å². The fourth-order valence-corrected chi connectivity index (χ4v) is 3.80. The zero-order valence-electron chi connectivity index (χ0n) is 16.5. The maximum Gasteiger partial charge on any atom is 0.240 e. The Morgan fingerprint density at radius 2 is 1.75 bits per heavy atom. The minimum atomic E-state index is 0.233. The molecule has 28 heavy (non-hydrogen) atoms. The third-order valence-corrected chi connectivity index (χ3v) is 4.91. The number of aromatic nitrogens is 2. The third kappa shape index (κ3) is 3.59. The second-order valence-electron chi connectivity index (χ2n) is 8.48. The highest BCUT2D eigenvalue weighted by atomic mass is 14.8. The lowest BCUT2D eigenvalue weighted by molar-refractivity contribution is 0.411. The minimum absolute atomic E-state index is 0.233. The van der Waals surface area contributed by atoms with E-state index in [1.165, 1.54) is 5.56 Å². The maximum absolute atomic E-state index is 7.32. The highest BCUT2D eigenvalue weighted by molar-refractivity contribution is 5.97. The van der Waals surface area contributed by atoms with Gasteiger partial charge in [0.2, 0.25) is 6.54 Å². The normalized spacial score (nSPS) is 11.6. The largest absolute Gasteiger partial charge is 0.312 e. The molecule has 138 valence electrons. The lowest BCUT2D eigenvalue weighted by atomic mass is 9.87. The molecule has 0 unspecified atom stereocenters. The van der Waals surface area contributed by atoms with Gasteiger partial charge in [-0.1, -0.05) is 57.2 Å². The second-order valence-corrected chi connectivity index (χ2v) is 8.48. The first kappa shape index (κ1) is 18.1. The lowest BCUT2D eigenvalue weighted by Gasteiger charge is -2.18. The van der Waals surface area contributed by atoms with Crippen LogP contribution in [0.15, 0.2) is 60.9 Å². The van der Waals surface area contributed by atoms with Crippen molar-refractivity contribution < 1.29 is 0 Å². The summed E-state index contributed by atoms with van der Waals surface area (Å²) in [5.74, 6) is 0. The topological polar surface area (TPSA) is 30.1 Å². The number of hydrogen-bond acceptors (Lipinski definition) is 2. The highest BCUT2D eigenvalue weighted by Crippen LogP contribution is 2.32. The summed E-state index contributed by atoms with van der Waals surface area (Å²) in [6.07, 6.45) is 2.65. The molecular formula is C25H23N3. The van der Waals surface area contributed by atoms with E-state index in [0.717, 1.165) is 44.9 Å². The maximum atomic E-state index is 7.32. The Bertz CT molecular complexity index is 1210. The monoisotopic (exact) mass is 365 g/mol. The van der Waals surface area contributed by atoms with E-state index in [-0.39, 0.29) is 5.41 Å². The van der Waals surface area contributed by atoms with Gasteiger partial charge in [-0.05, 0) is 46.4 Å². The van der Waals surface area contributed by atoms with Crippen molar-refractivity contribution in [1.29, 1.82) is 0 Å². The Labute approximate surface area is 165 Å². The molecule has 0 aliphatic heterocycles. The van der Waals surface area contributed by atoms with Gasteiger partial charge >= 0.3 is 0 Å². The van der Waals surface area contributed by atoms with Gasteiger partial charge in [-0.3, -0.25) is 0 Å². The second kappa shape index (κ2) is 7.05. The van der Waals surface area contributed by atoms with Crippen LogP contribution >= 0.6 is 0 Å². The van der Waals surface area contributed by atoms with Gasteiger partial charge in [0.05, 0.1) is 11.2 Å². The molecular weight excluding hydrogens is 342 g/mol. The average molecular weight is 365 g/mol. The van der Waals surface area contributed by atoms with Crippen LogP contribution in [0.25, 0.3) is 37.8 Å². The molecule has 0 aliphatic carbocycles. The number of rotatable bonds is 3. The van der Waals surface area contributed by atoms with Gasteiger partial charge in [0.15, 0.2) is 0 Å². The molecule has 3 aromatic carbocycles. The van der Waals surface area contributed by atoms with Crippen molar-refractivity contribution >= 4 is 21.7 Å². The molecule has 3 heteroatoms. The summed E-state index contributed by atoms with van der Waals surface area (Å²) >= 11 is 0. The number of nitrogens with zero attached hydrogens (tertiary/aromatic N) is 3. The first-order valence-electron chi connectivity index (χ1n) is 9.53. The summed E-state index contributed by atoms with van der Waals surface area (Å²) in [7, 11) is 0. The molecule has 0 atom stereocenters. The summed E-state index contributed by atoms with van der Waals surface area (Å²) in [5, 5.41) is 3.31. The molecule has 0 N–H and O–H groups in total. The van der Waals surface area contributed by atoms with Gasteiger partial charge in [-0.15, -0.1) is 0 Å². The van der Waals surface area contributed by atoms with Crippen molar-refractivity contribution in [2.75, 3.05) is 0 Å². The van der Waals surface area contributed by atoms with Gasteiger partial charge in [0, 0.05) is 16.5 Å². The fraction of sp³-hybridized carbons (Fsp3) is 0.240. The molecule has 0 fully saturated rings. The molecule has 1 heterocycles. The smallest absolute Gasteiger partial charge is 0.240 e. The fourth-order valence-electron chi connectivity index (χ4n) is 3.80. The first-order chi connectivity index (χ1) is 13.4. The van der Waals surface area contributed by atoms with Crippen LogP contribution < -0.4 is 0 Å². The van der Waals surface area contributed by atoms with E-state index in [4.69, 9.17) is 6.57 Å². The molecule has 0 aliphatic rings. The zero-order chi connectivity index (χ0) is 19.7. The Kier molecular flexibility index (Phi) is 4.57. The van der Waals surface area contributed by atoms with Crippen LogP contribution in [0.2, 0.25) is 0 Å². The standard InChI is InChI=1S/C25H23N3/c1-25(2,3)14-17-9-10-22-23(11-17)27-16-28-24(22)19-12-18-7-5-6-8-21(18)20(13-19)15-26-4/h5-13,16H,14-15H2,1-3H3. The molecule has 0 saturated carbocycles. The van der Waals surface area contributed by atoms with Crippen LogP contribution in [0.1, 0.15) is 31.9 Å². The van der Waals surface area contributed by atoms with Gasteiger partial charge < -0.3 is 4.85 Å². The van der Waals surface area contributed by atoms with E-state index in [0.29, 0.717) is 6.54 Å². The van der Waals surface area contributed by atoms with Gasteiger partial charge in [0.25, 0.3) is 0 Å². The predicted octanol–water partition coefficient (Wildman–Crippen LogP) is 6.46. The van der Waals surface area contributed by atoms with E-state index in [2.05, 4.69) is 78.0 Å². The van der Waals surface area contributed by atoms with Crippen molar-refractivity contribution in [1.82, 2.24) is 9.97 Å². The Balaban J connectivity index is 1.88. The van der Waals surface area contributed by atoms with E-state index < -0.39 is 0 Å². The number of fused-ring (bicyclic) bond motifs is 2. The van der Waals surface area contributed by atoms with E-state index >= 15 is 0 Å². The molecule has 1 aromatic heterocycles. The summed E-state index contributed by atoms with van der Waals surface area (Å²) in [6.45, 7) is 14.4. The molecule has 3 nitrogen and oxygen atoms in total. The predicted molar refractivity (Wildman–Crippen MR) is 116 cm³/mol. The van der Waals surface area contributed by atoms with Crippen molar-refractivity contribution in [3.8, 4) is 11.3 Å². The SMILES string of the molecule is [C-]#[N+]Cc1cc(-c2ncnc3cc(CC(C)(C)C)ccc23)cc2ccccc12. The molecule has 0 saturated heterocycles. The third-order valence-electron chi connectivity index (χ3n) is 4.91. The molecule has 0 radical (unpaired) electrons. The van der Waals surface area contributed by atoms with Crippen LogP contribution in [-0.2, 0) is 13.0 Å². The van der Waals surface area contributed by atoms with Crippen molar-refractivity contribution in [2.45, 2.75) is 33.7 Å². The van der Waals surface area contributed by atoms with E-state index in [1.807, 2.05) is 12.1 Å². The molecule has 0 amide bonds. The molecule has 4 rings (SSSR count). The van der Waals surface area contributed by atoms with Crippen LogP contribution in [-0.4, -0.2) is 9.97 Å². The summed E-state index contributed by atoms with van der Waals surface area (Å²) in [5.41, 5.74) is 5.48. The van der Waals surface area contributed by atoms with Gasteiger partial charge in [0.1, 0.15) is 6.33 Å². The zero-order valence-corrected chi connectivity index (χ0v) is 16.5. The summed E-state index contributed by atoms with van der Waals surface area (Å²) in [6, 6.07) is 19.0. The summed E-state index contributed by atoms with van der Waals surface area (Å²) in [4.78, 5) is 12.7. The Morgan fingerprint density at radius 3 is 2.54 bits per heavy atom. The van der Waals surface area contributed by atoms with Gasteiger partial charge in [-0.25, -0.2) is 16.5 Å². The van der Waals surface area contributed by atoms with Crippen LogP contribution in [0, 0.1) is 12.0 Å². The molecule has 4 aromatic rings. The molecule has 0 bridgehead atoms. The van der Waals surface area contributed by atoms with Crippen LogP contribution in [0.3, 0.4) is 0 Å². The van der Waals surface area contributed by atoms with Crippen molar-refractivity contribution in [2.24, 2.45) is 5.41 Å². The Morgan fingerprint density at radius 1 is 0.929 bits per heavy atom. The minimum Gasteiger partial charge on any atom is -0.312 e. The Hall–Kier alpha value is -3.25. The van der Waals surface area contributed by atoms with Crippen molar-refractivity contribution in [3.05, 3.63) is 83.5 Å². The number of benzene rings is 3. The van der Waals surface area contributed by atoms with Crippen LogP contribution in [0.4, 0.5) is 0 Å². The van der Waals surface area contributed by atoms with E-state index in [9.17, 15) is 0 Å². The lowest BCUT2D eigenvalue weighted by Crippen LogP contribution is -2.09. The summed E-state index contributed by atoms with van der Waals surface area (Å²) < 4.78 is 0. The highest BCUT2D eigenvalue weighted by Gasteiger charge is 2.14. The quantitative estimate of drug-likeness (QED) is 0.390. The number of hydrogen-bond donors (Lipinski definition) is 0. The molecule has 0 spiro atoms. The van der Waals surface area contributed by atoms with Crippen LogP contribution in [0.5, 0.6) is 0 Å². The average Bonchev–Trinajstić information content (AvgIpc) is 2.66.